The van der Waals surface area contributed by atoms with Gasteiger partial charge in [-0.2, -0.15) is 0 Å². The second-order valence-electron chi connectivity index (χ2n) is 4.07. The molecule has 2 aromatic rings. The molecule has 0 saturated heterocycles. The largest absolute Gasteiger partial charge is 0.573 e. The molecule has 0 aliphatic carbocycles. The minimum absolute atomic E-state index is 0.246. The van der Waals surface area contributed by atoms with E-state index in [0.29, 0.717) is 17.4 Å². The number of nitrogens with zero attached hydrogens (tertiary/aromatic N) is 1. The fraction of sp³-hybridized carbons (Fsp3) is 0.308. The number of nitrogens with one attached hydrogen (secondary N) is 1. The van der Waals surface area contributed by atoms with Crippen molar-refractivity contribution in [3.05, 3.63) is 30.0 Å². The predicted octanol–water partition coefficient (Wildman–Crippen LogP) is 3.87. The topological polar surface area (TPSA) is 34.2 Å². The zero-order valence-corrected chi connectivity index (χ0v) is 10.5. The lowest BCUT2D eigenvalue weighted by Gasteiger charge is -2.12. The van der Waals surface area contributed by atoms with Crippen LogP contribution < -0.4 is 10.1 Å². The summed E-state index contributed by atoms with van der Waals surface area (Å²) in [5.41, 5.74) is 2.18. The molecule has 19 heavy (non-hydrogen) atoms. The van der Waals surface area contributed by atoms with Gasteiger partial charge < -0.3 is 10.1 Å². The van der Waals surface area contributed by atoms with Gasteiger partial charge in [0.05, 0.1) is 5.52 Å². The molecule has 102 valence electrons. The molecule has 1 N–H and O–H groups in total. The van der Waals surface area contributed by atoms with Crippen LogP contribution in [0.4, 0.5) is 18.9 Å². The molecule has 0 aliphatic rings. The van der Waals surface area contributed by atoms with Gasteiger partial charge in [0.2, 0.25) is 0 Å². The van der Waals surface area contributed by atoms with E-state index < -0.39 is 6.36 Å². The number of aromatic nitrogens is 1. The molecule has 0 amide bonds. The number of aryl methyl sites for hydroxylation is 1. The van der Waals surface area contributed by atoms with E-state index in [2.05, 4.69) is 15.0 Å². The molecule has 1 aromatic heterocycles. The van der Waals surface area contributed by atoms with Crippen molar-refractivity contribution in [3.63, 3.8) is 0 Å². The average molecular weight is 270 g/mol. The van der Waals surface area contributed by atoms with E-state index >= 15 is 0 Å². The van der Waals surface area contributed by atoms with E-state index in [1.807, 2.05) is 13.8 Å². The fourth-order valence-electron chi connectivity index (χ4n) is 1.87. The number of alkyl halides is 3. The molecule has 3 nitrogen and oxygen atoms in total. The summed E-state index contributed by atoms with van der Waals surface area (Å²) >= 11 is 0. The number of hydrogen-bond acceptors (Lipinski definition) is 3. The van der Waals surface area contributed by atoms with E-state index in [4.69, 9.17) is 0 Å². The lowest BCUT2D eigenvalue weighted by Crippen LogP contribution is -2.17. The van der Waals surface area contributed by atoms with E-state index in [0.717, 1.165) is 11.4 Å². The molecule has 1 aromatic carbocycles. The van der Waals surface area contributed by atoms with Crippen LogP contribution in [-0.4, -0.2) is 17.9 Å². The highest BCUT2D eigenvalue weighted by Gasteiger charge is 2.31. The number of benzene rings is 1. The van der Waals surface area contributed by atoms with Gasteiger partial charge >= 0.3 is 6.36 Å². The molecular formula is C13H13F3N2O. The van der Waals surface area contributed by atoms with Crippen molar-refractivity contribution in [2.75, 3.05) is 11.9 Å². The van der Waals surface area contributed by atoms with Crippen LogP contribution in [0.25, 0.3) is 10.9 Å². The summed E-state index contributed by atoms with van der Waals surface area (Å²) in [5, 5.41) is 3.71. The second kappa shape index (κ2) is 4.95. The Morgan fingerprint density at radius 3 is 2.63 bits per heavy atom. The van der Waals surface area contributed by atoms with Crippen LogP contribution in [0.15, 0.2) is 24.3 Å². The Bertz CT molecular complexity index is 596. The van der Waals surface area contributed by atoms with Crippen molar-refractivity contribution in [1.82, 2.24) is 4.98 Å². The average Bonchev–Trinajstić information content (AvgIpc) is 2.28. The van der Waals surface area contributed by atoms with Crippen LogP contribution in [0.2, 0.25) is 0 Å². The molecule has 2 rings (SSSR count). The first-order valence-corrected chi connectivity index (χ1v) is 5.80. The van der Waals surface area contributed by atoms with Crippen LogP contribution in [-0.2, 0) is 0 Å². The predicted molar refractivity (Wildman–Crippen MR) is 67.3 cm³/mol. The summed E-state index contributed by atoms with van der Waals surface area (Å²) in [4.78, 5) is 4.28. The summed E-state index contributed by atoms with van der Waals surface area (Å²) in [6, 6.07) is 5.92. The third-order valence-electron chi connectivity index (χ3n) is 2.51. The SMILES string of the molecule is CCNc1cc(C)nc2ccc(OC(F)(F)F)cc12. The highest BCUT2D eigenvalue weighted by molar-refractivity contribution is 5.92. The highest BCUT2D eigenvalue weighted by Crippen LogP contribution is 2.30. The Balaban J connectivity index is 2.51. The minimum Gasteiger partial charge on any atom is -0.406 e. The standard InChI is InChI=1S/C13H13F3N2O/c1-3-17-12-6-8(2)18-11-5-4-9(7-10(11)12)19-13(14,15)16/h4-7H,3H2,1-2H3,(H,17,18). The third-order valence-corrected chi connectivity index (χ3v) is 2.51. The van der Waals surface area contributed by atoms with Gasteiger partial charge in [0, 0.05) is 23.3 Å². The molecule has 6 heteroatoms. The molecule has 0 spiro atoms. The van der Waals surface area contributed by atoms with Crippen molar-refractivity contribution in [1.29, 1.82) is 0 Å². The Hall–Kier alpha value is -1.98. The number of ether oxygens (including phenoxy) is 1. The Kier molecular flexibility index (Phi) is 3.50. The van der Waals surface area contributed by atoms with Crippen molar-refractivity contribution < 1.29 is 17.9 Å². The van der Waals surface area contributed by atoms with Gasteiger partial charge in [-0.3, -0.25) is 4.98 Å². The maximum Gasteiger partial charge on any atom is 0.573 e. The quantitative estimate of drug-likeness (QED) is 0.919. The van der Waals surface area contributed by atoms with E-state index in [-0.39, 0.29) is 5.75 Å². The van der Waals surface area contributed by atoms with Gasteiger partial charge in [-0.1, -0.05) is 0 Å². The second-order valence-corrected chi connectivity index (χ2v) is 4.07. The summed E-state index contributed by atoms with van der Waals surface area (Å²) in [7, 11) is 0. The summed E-state index contributed by atoms with van der Waals surface area (Å²) in [5.74, 6) is -0.246. The number of pyridine rings is 1. The van der Waals surface area contributed by atoms with E-state index in [1.54, 1.807) is 6.07 Å². The first-order chi connectivity index (χ1) is 8.89. The first kappa shape index (κ1) is 13.5. The first-order valence-electron chi connectivity index (χ1n) is 5.80. The molecule has 0 unspecified atom stereocenters. The van der Waals surface area contributed by atoms with Crippen LogP contribution in [0, 0.1) is 6.92 Å². The van der Waals surface area contributed by atoms with Gasteiger partial charge in [0.15, 0.2) is 0 Å². The Morgan fingerprint density at radius 2 is 2.00 bits per heavy atom. The Labute approximate surface area is 108 Å². The molecule has 0 bridgehead atoms. The molecule has 0 radical (unpaired) electrons. The summed E-state index contributed by atoms with van der Waals surface area (Å²) < 4.78 is 40.5. The van der Waals surface area contributed by atoms with Crippen molar-refractivity contribution in [2.45, 2.75) is 20.2 Å². The summed E-state index contributed by atoms with van der Waals surface area (Å²) in [6.07, 6.45) is -4.69. The van der Waals surface area contributed by atoms with E-state index in [9.17, 15) is 13.2 Å². The van der Waals surface area contributed by atoms with Gasteiger partial charge in [-0.25, -0.2) is 0 Å². The number of rotatable bonds is 3. The van der Waals surface area contributed by atoms with E-state index in [1.165, 1.54) is 18.2 Å². The zero-order valence-electron chi connectivity index (χ0n) is 10.5. The molecule has 0 aliphatic heterocycles. The minimum atomic E-state index is -4.69. The fourth-order valence-corrected chi connectivity index (χ4v) is 1.87. The van der Waals surface area contributed by atoms with Gasteiger partial charge in [-0.15, -0.1) is 13.2 Å². The number of anilines is 1. The van der Waals surface area contributed by atoms with Crippen molar-refractivity contribution in [3.8, 4) is 5.75 Å². The van der Waals surface area contributed by atoms with Gasteiger partial charge in [0.25, 0.3) is 0 Å². The van der Waals surface area contributed by atoms with Crippen molar-refractivity contribution in [2.24, 2.45) is 0 Å². The monoisotopic (exact) mass is 270 g/mol. The lowest BCUT2D eigenvalue weighted by atomic mass is 10.1. The maximum absolute atomic E-state index is 12.2. The van der Waals surface area contributed by atoms with Crippen LogP contribution >= 0.6 is 0 Å². The molecule has 0 atom stereocenters. The molecule has 1 heterocycles. The highest BCUT2D eigenvalue weighted by atomic mass is 19.4. The maximum atomic E-state index is 12.2. The number of halogens is 3. The normalized spacial score (nSPS) is 11.6. The smallest absolute Gasteiger partial charge is 0.406 e. The molecular weight excluding hydrogens is 257 g/mol. The molecule has 0 fully saturated rings. The van der Waals surface area contributed by atoms with Crippen molar-refractivity contribution >= 4 is 16.6 Å². The lowest BCUT2D eigenvalue weighted by molar-refractivity contribution is -0.274. The summed E-state index contributed by atoms with van der Waals surface area (Å²) in [6.45, 7) is 4.42. The molecule has 0 saturated carbocycles. The zero-order chi connectivity index (χ0) is 14.0. The van der Waals surface area contributed by atoms with Gasteiger partial charge in [0.1, 0.15) is 5.75 Å². The van der Waals surface area contributed by atoms with Crippen LogP contribution in [0.5, 0.6) is 5.75 Å². The Morgan fingerprint density at radius 1 is 1.26 bits per heavy atom. The van der Waals surface area contributed by atoms with Crippen LogP contribution in [0.1, 0.15) is 12.6 Å². The van der Waals surface area contributed by atoms with Gasteiger partial charge in [-0.05, 0) is 38.1 Å². The number of hydrogen-bond donors (Lipinski definition) is 1. The van der Waals surface area contributed by atoms with Crippen LogP contribution in [0.3, 0.4) is 0 Å². The third kappa shape index (κ3) is 3.27. The number of fused-ring (bicyclic) bond motifs is 1.